The average Bonchev–Trinajstić information content (AvgIpc) is 2.90. The van der Waals surface area contributed by atoms with Crippen LogP contribution in [0.1, 0.15) is 18.9 Å². The molecule has 0 saturated carbocycles. The van der Waals surface area contributed by atoms with Crippen molar-refractivity contribution in [1.82, 2.24) is 5.32 Å². The fourth-order valence-corrected chi connectivity index (χ4v) is 2.30. The number of hydrogen-bond acceptors (Lipinski definition) is 3. The quantitative estimate of drug-likeness (QED) is 0.783. The number of amides is 1. The van der Waals surface area contributed by atoms with Gasteiger partial charge < -0.3 is 15.2 Å². The van der Waals surface area contributed by atoms with Crippen LogP contribution in [0, 0.1) is 5.92 Å². The van der Waals surface area contributed by atoms with Crippen molar-refractivity contribution in [3.63, 3.8) is 0 Å². The van der Waals surface area contributed by atoms with Crippen LogP contribution in [0.25, 0.3) is 0 Å². The fraction of sp³-hybridized carbons (Fsp3) is 0.375. The normalized spacial score (nSPS) is 20.2. The summed E-state index contributed by atoms with van der Waals surface area (Å²) in [5.41, 5.74) is 0.896. The minimum absolute atomic E-state index is 0.111. The first kappa shape index (κ1) is 15.1. The van der Waals surface area contributed by atoms with Crippen molar-refractivity contribution in [1.29, 1.82) is 0 Å². The summed E-state index contributed by atoms with van der Waals surface area (Å²) in [4.78, 5) is 22.8. The number of carbonyl (C=O) groups is 2. The molecule has 1 aromatic carbocycles. The molecule has 21 heavy (non-hydrogen) atoms. The summed E-state index contributed by atoms with van der Waals surface area (Å²) < 4.78 is 5.34. The van der Waals surface area contributed by atoms with E-state index in [9.17, 15) is 9.59 Å². The molecule has 0 bridgehead atoms. The van der Waals surface area contributed by atoms with Crippen LogP contribution in [0.5, 0.6) is 5.75 Å². The summed E-state index contributed by atoms with van der Waals surface area (Å²) in [6.07, 6.45) is 4.07. The number of carboxylic acid groups (broad SMARTS) is 1. The molecule has 2 N–H and O–H groups in total. The van der Waals surface area contributed by atoms with Gasteiger partial charge in [-0.25, -0.2) is 0 Å². The minimum atomic E-state index is -0.852. The zero-order chi connectivity index (χ0) is 15.2. The van der Waals surface area contributed by atoms with Crippen molar-refractivity contribution < 1.29 is 19.4 Å². The predicted octanol–water partition coefficient (Wildman–Crippen LogP) is 1.77. The van der Waals surface area contributed by atoms with E-state index in [0.717, 1.165) is 11.3 Å². The van der Waals surface area contributed by atoms with Crippen LogP contribution < -0.4 is 10.1 Å². The summed E-state index contributed by atoms with van der Waals surface area (Å²) in [7, 11) is 0. The Balaban J connectivity index is 1.82. The van der Waals surface area contributed by atoms with Crippen LogP contribution in [0.4, 0.5) is 0 Å². The zero-order valence-electron chi connectivity index (χ0n) is 11.9. The summed E-state index contributed by atoms with van der Waals surface area (Å²) in [5, 5.41) is 11.7. The molecule has 0 saturated heterocycles. The van der Waals surface area contributed by atoms with Gasteiger partial charge in [-0.15, -0.1) is 0 Å². The monoisotopic (exact) mass is 289 g/mol. The number of hydrogen-bond donors (Lipinski definition) is 2. The first-order chi connectivity index (χ1) is 10.1. The number of nitrogens with one attached hydrogen (secondary N) is 1. The lowest BCUT2D eigenvalue weighted by molar-refractivity contribution is -0.140. The van der Waals surface area contributed by atoms with Crippen molar-refractivity contribution in [3.05, 3.63) is 42.0 Å². The lowest BCUT2D eigenvalue weighted by Crippen LogP contribution is -2.34. The van der Waals surface area contributed by atoms with Crippen LogP contribution in [-0.2, 0) is 16.0 Å². The van der Waals surface area contributed by atoms with Gasteiger partial charge in [0.25, 0.3) is 0 Å². The first-order valence-corrected chi connectivity index (χ1v) is 7.00. The highest BCUT2D eigenvalue weighted by Gasteiger charge is 2.25. The van der Waals surface area contributed by atoms with Crippen LogP contribution in [0.15, 0.2) is 36.4 Å². The Morgan fingerprint density at radius 2 is 2.00 bits per heavy atom. The predicted molar refractivity (Wildman–Crippen MR) is 78.1 cm³/mol. The van der Waals surface area contributed by atoms with Crippen LogP contribution in [0.2, 0.25) is 0 Å². The highest BCUT2D eigenvalue weighted by Crippen LogP contribution is 2.18. The second-order valence-electron chi connectivity index (χ2n) is 4.99. The van der Waals surface area contributed by atoms with Crippen molar-refractivity contribution in [3.8, 4) is 5.75 Å². The van der Waals surface area contributed by atoms with Crippen LogP contribution in [-0.4, -0.2) is 29.6 Å². The third-order valence-electron chi connectivity index (χ3n) is 3.35. The van der Waals surface area contributed by atoms with Gasteiger partial charge in [0.2, 0.25) is 5.91 Å². The standard InChI is InChI=1S/C16H19NO4/c1-2-21-14-7-3-11(4-8-14)9-15(18)17-13-6-5-12(10-13)16(19)20/h3-8,12-13H,2,9-10H2,1H3,(H,17,18)(H,19,20). The number of benzene rings is 1. The molecule has 0 heterocycles. The Hall–Kier alpha value is -2.30. The molecule has 1 amide bonds. The largest absolute Gasteiger partial charge is 0.494 e. The average molecular weight is 289 g/mol. The maximum absolute atomic E-state index is 11.9. The van der Waals surface area contributed by atoms with E-state index in [0.29, 0.717) is 13.0 Å². The van der Waals surface area contributed by atoms with Gasteiger partial charge >= 0.3 is 5.97 Å². The molecule has 0 fully saturated rings. The molecule has 2 rings (SSSR count). The van der Waals surface area contributed by atoms with Gasteiger partial charge in [0.05, 0.1) is 18.9 Å². The summed E-state index contributed by atoms with van der Waals surface area (Å²) in [6, 6.07) is 7.19. The van der Waals surface area contributed by atoms with E-state index in [-0.39, 0.29) is 18.4 Å². The molecule has 2 atom stereocenters. The molecule has 0 radical (unpaired) electrons. The Labute approximate surface area is 123 Å². The molecular formula is C16H19NO4. The lowest BCUT2D eigenvalue weighted by Gasteiger charge is -2.12. The van der Waals surface area contributed by atoms with E-state index in [2.05, 4.69) is 5.32 Å². The van der Waals surface area contributed by atoms with Gasteiger partial charge in [-0.3, -0.25) is 9.59 Å². The second-order valence-corrected chi connectivity index (χ2v) is 4.99. The first-order valence-electron chi connectivity index (χ1n) is 7.00. The maximum atomic E-state index is 11.9. The molecule has 1 aliphatic carbocycles. The number of carbonyl (C=O) groups excluding carboxylic acids is 1. The molecule has 1 aliphatic rings. The van der Waals surface area contributed by atoms with E-state index in [1.807, 2.05) is 31.2 Å². The number of rotatable bonds is 6. The molecule has 2 unspecified atom stereocenters. The van der Waals surface area contributed by atoms with Crippen molar-refractivity contribution >= 4 is 11.9 Å². The minimum Gasteiger partial charge on any atom is -0.494 e. The van der Waals surface area contributed by atoms with Crippen molar-refractivity contribution in [2.24, 2.45) is 5.92 Å². The molecule has 0 aromatic heterocycles. The smallest absolute Gasteiger partial charge is 0.310 e. The van der Waals surface area contributed by atoms with E-state index in [4.69, 9.17) is 9.84 Å². The topological polar surface area (TPSA) is 75.6 Å². The number of aliphatic carboxylic acids is 1. The third-order valence-corrected chi connectivity index (χ3v) is 3.35. The molecular weight excluding hydrogens is 270 g/mol. The van der Waals surface area contributed by atoms with E-state index in [1.165, 1.54) is 0 Å². The van der Waals surface area contributed by atoms with Gasteiger partial charge in [-0.2, -0.15) is 0 Å². The Morgan fingerprint density at radius 1 is 1.29 bits per heavy atom. The molecule has 5 nitrogen and oxygen atoms in total. The molecule has 0 aliphatic heterocycles. The molecule has 1 aromatic rings. The summed E-state index contributed by atoms with van der Waals surface area (Å²) >= 11 is 0. The molecule has 112 valence electrons. The summed E-state index contributed by atoms with van der Waals surface area (Å²) in [5.74, 6) is -0.681. The maximum Gasteiger partial charge on any atom is 0.310 e. The van der Waals surface area contributed by atoms with Gasteiger partial charge in [0.15, 0.2) is 0 Å². The van der Waals surface area contributed by atoms with Gasteiger partial charge in [-0.05, 0) is 31.0 Å². The van der Waals surface area contributed by atoms with E-state index < -0.39 is 11.9 Å². The highest BCUT2D eigenvalue weighted by atomic mass is 16.5. The second kappa shape index (κ2) is 6.92. The zero-order valence-corrected chi connectivity index (χ0v) is 11.9. The van der Waals surface area contributed by atoms with E-state index >= 15 is 0 Å². The molecule has 0 spiro atoms. The van der Waals surface area contributed by atoms with Gasteiger partial charge in [-0.1, -0.05) is 24.3 Å². The fourth-order valence-electron chi connectivity index (χ4n) is 2.30. The number of ether oxygens (including phenoxy) is 1. The van der Waals surface area contributed by atoms with Gasteiger partial charge in [0.1, 0.15) is 5.75 Å². The molecule has 5 heteroatoms. The highest BCUT2D eigenvalue weighted by molar-refractivity contribution is 5.79. The Morgan fingerprint density at radius 3 is 2.57 bits per heavy atom. The SMILES string of the molecule is CCOc1ccc(CC(=O)NC2C=CC(C(=O)O)C2)cc1. The van der Waals surface area contributed by atoms with Gasteiger partial charge in [0, 0.05) is 6.04 Å². The lowest BCUT2D eigenvalue weighted by atomic mass is 10.1. The van der Waals surface area contributed by atoms with Crippen molar-refractivity contribution in [2.45, 2.75) is 25.8 Å². The Kier molecular flexibility index (Phi) is 4.98. The van der Waals surface area contributed by atoms with Crippen LogP contribution >= 0.6 is 0 Å². The number of carboxylic acids is 1. The Bertz CT molecular complexity index is 536. The van der Waals surface area contributed by atoms with Crippen LogP contribution in [0.3, 0.4) is 0 Å². The third kappa shape index (κ3) is 4.34. The van der Waals surface area contributed by atoms with E-state index in [1.54, 1.807) is 12.2 Å². The van der Waals surface area contributed by atoms with Crippen molar-refractivity contribution in [2.75, 3.05) is 6.61 Å². The summed E-state index contributed by atoms with van der Waals surface area (Å²) in [6.45, 7) is 2.53.